The molecular formula is C21H31N3O5. The third kappa shape index (κ3) is 5.61. The van der Waals surface area contributed by atoms with Crippen LogP contribution < -0.4 is 9.47 Å². The summed E-state index contributed by atoms with van der Waals surface area (Å²) in [6.07, 6.45) is 0. The number of amides is 2. The Labute approximate surface area is 172 Å². The number of nitrogens with zero attached hydrogens (tertiary/aromatic N) is 3. The van der Waals surface area contributed by atoms with Crippen molar-refractivity contribution in [1.82, 2.24) is 14.7 Å². The van der Waals surface area contributed by atoms with Crippen LogP contribution in [-0.2, 0) is 9.53 Å². The van der Waals surface area contributed by atoms with E-state index in [-0.39, 0.29) is 11.8 Å². The Morgan fingerprint density at radius 3 is 2.17 bits per heavy atom. The van der Waals surface area contributed by atoms with Crippen LogP contribution in [0.25, 0.3) is 0 Å². The molecule has 0 spiro atoms. The van der Waals surface area contributed by atoms with E-state index in [9.17, 15) is 9.59 Å². The van der Waals surface area contributed by atoms with E-state index in [1.54, 1.807) is 23.1 Å². The van der Waals surface area contributed by atoms with Gasteiger partial charge in [0.05, 0.1) is 33.0 Å². The molecule has 1 aromatic carbocycles. The number of carbonyl (C=O) groups is 2. The van der Waals surface area contributed by atoms with Crippen LogP contribution in [0.4, 0.5) is 0 Å². The van der Waals surface area contributed by atoms with Gasteiger partial charge in [-0.1, -0.05) is 0 Å². The summed E-state index contributed by atoms with van der Waals surface area (Å²) in [7, 11) is 0. The molecule has 29 heavy (non-hydrogen) atoms. The highest BCUT2D eigenvalue weighted by Crippen LogP contribution is 2.29. The Hall–Kier alpha value is -2.32. The molecule has 160 valence electrons. The van der Waals surface area contributed by atoms with E-state index in [0.717, 1.165) is 13.1 Å². The van der Waals surface area contributed by atoms with Crippen LogP contribution in [0.1, 0.15) is 24.2 Å². The molecule has 2 heterocycles. The van der Waals surface area contributed by atoms with Gasteiger partial charge in [-0.25, -0.2) is 0 Å². The number of morpholine rings is 1. The fourth-order valence-electron chi connectivity index (χ4n) is 3.58. The van der Waals surface area contributed by atoms with E-state index < -0.39 is 0 Å². The van der Waals surface area contributed by atoms with Crippen LogP contribution in [-0.4, -0.2) is 98.8 Å². The van der Waals surface area contributed by atoms with Crippen molar-refractivity contribution in [2.24, 2.45) is 0 Å². The highest BCUT2D eigenvalue weighted by atomic mass is 16.5. The summed E-state index contributed by atoms with van der Waals surface area (Å²) in [6.45, 7) is 10.4. The molecule has 0 saturated carbocycles. The fraction of sp³-hybridized carbons (Fsp3) is 0.619. The van der Waals surface area contributed by atoms with Crippen LogP contribution in [0.5, 0.6) is 11.5 Å². The number of benzene rings is 1. The molecule has 2 fully saturated rings. The first kappa shape index (κ1) is 21.4. The molecule has 1 aromatic rings. The lowest BCUT2D eigenvalue weighted by atomic mass is 10.1. The largest absolute Gasteiger partial charge is 0.490 e. The van der Waals surface area contributed by atoms with Crippen molar-refractivity contribution >= 4 is 11.8 Å². The third-order valence-corrected chi connectivity index (χ3v) is 5.17. The summed E-state index contributed by atoms with van der Waals surface area (Å²) in [4.78, 5) is 31.2. The van der Waals surface area contributed by atoms with Crippen molar-refractivity contribution < 1.29 is 23.8 Å². The van der Waals surface area contributed by atoms with Gasteiger partial charge in [0, 0.05) is 44.8 Å². The van der Waals surface area contributed by atoms with E-state index in [0.29, 0.717) is 76.2 Å². The van der Waals surface area contributed by atoms with Gasteiger partial charge in [-0.3, -0.25) is 14.5 Å². The van der Waals surface area contributed by atoms with Gasteiger partial charge in [0.25, 0.3) is 5.91 Å². The van der Waals surface area contributed by atoms with Gasteiger partial charge < -0.3 is 24.0 Å². The van der Waals surface area contributed by atoms with E-state index in [1.807, 2.05) is 18.7 Å². The zero-order valence-electron chi connectivity index (χ0n) is 17.4. The number of hydrogen-bond donors (Lipinski definition) is 0. The first-order chi connectivity index (χ1) is 14.1. The lowest BCUT2D eigenvalue weighted by Gasteiger charge is -2.36. The molecule has 0 N–H and O–H groups in total. The summed E-state index contributed by atoms with van der Waals surface area (Å²) in [5, 5.41) is 0. The molecule has 2 saturated heterocycles. The molecule has 0 aliphatic carbocycles. The number of carbonyl (C=O) groups excluding carboxylic acids is 2. The second kappa shape index (κ2) is 10.5. The molecule has 8 nitrogen and oxygen atoms in total. The molecule has 8 heteroatoms. The summed E-state index contributed by atoms with van der Waals surface area (Å²) in [5.74, 6) is 1.30. The molecule has 0 aromatic heterocycles. The number of piperazine rings is 1. The van der Waals surface area contributed by atoms with Gasteiger partial charge in [0.2, 0.25) is 5.91 Å². The average molecular weight is 405 g/mol. The quantitative estimate of drug-likeness (QED) is 0.677. The van der Waals surface area contributed by atoms with Gasteiger partial charge in [0.1, 0.15) is 0 Å². The van der Waals surface area contributed by atoms with Crippen LogP contribution >= 0.6 is 0 Å². The predicted octanol–water partition coefficient (Wildman–Crippen LogP) is 1.10. The summed E-state index contributed by atoms with van der Waals surface area (Å²) < 4.78 is 16.5. The van der Waals surface area contributed by atoms with E-state index in [4.69, 9.17) is 14.2 Å². The minimum atomic E-state index is -0.0470. The Morgan fingerprint density at radius 2 is 1.52 bits per heavy atom. The van der Waals surface area contributed by atoms with Crippen LogP contribution in [0.2, 0.25) is 0 Å². The van der Waals surface area contributed by atoms with Gasteiger partial charge in [-0.05, 0) is 32.0 Å². The van der Waals surface area contributed by atoms with Crippen molar-refractivity contribution in [2.45, 2.75) is 13.8 Å². The second-order valence-electron chi connectivity index (χ2n) is 7.09. The van der Waals surface area contributed by atoms with E-state index in [2.05, 4.69) is 4.90 Å². The third-order valence-electron chi connectivity index (χ3n) is 5.17. The molecule has 0 unspecified atom stereocenters. The smallest absolute Gasteiger partial charge is 0.254 e. The topological polar surface area (TPSA) is 71.6 Å². The van der Waals surface area contributed by atoms with Crippen molar-refractivity contribution in [1.29, 1.82) is 0 Å². The SMILES string of the molecule is CCOc1ccc(C(=O)N2CCN(C(=O)CN3CCOCC3)CC2)cc1OCC. The Morgan fingerprint density at radius 1 is 0.897 bits per heavy atom. The number of rotatable bonds is 7. The molecule has 0 radical (unpaired) electrons. The van der Waals surface area contributed by atoms with Gasteiger partial charge in [0.15, 0.2) is 11.5 Å². The summed E-state index contributed by atoms with van der Waals surface area (Å²) >= 11 is 0. The lowest BCUT2D eigenvalue weighted by molar-refractivity contribution is -0.134. The standard InChI is InChI=1S/C21H31N3O5/c1-3-28-18-6-5-17(15-19(18)29-4-2)21(26)24-9-7-23(8-10-24)20(25)16-22-11-13-27-14-12-22/h5-6,15H,3-4,7-14,16H2,1-2H3. The first-order valence-corrected chi connectivity index (χ1v) is 10.4. The predicted molar refractivity (Wildman–Crippen MR) is 109 cm³/mol. The first-order valence-electron chi connectivity index (χ1n) is 10.4. The maximum Gasteiger partial charge on any atom is 0.254 e. The average Bonchev–Trinajstić information content (AvgIpc) is 2.75. The molecule has 0 atom stereocenters. The molecule has 2 amide bonds. The van der Waals surface area contributed by atoms with Crippen molar-refractivity contribution in [3.63, 3.8) is 0 Å². The second-order valence-corrected chi connectivity index (χ2v) is 7.09. The maximum absolute atomic E-state index is 12.9. The van der Waals surface area contributed by atoms with Crippen LogP contribution in [0, 0.1) is 0 Å². The lowest BCUT2D eigenvalue weighted by Crippen LogP contribution is -2.53. The normalized spacial score (nSPS) is 17.9. The maximum atomic E-state index is 12.9. The number of ether oxygens (including phenoxy) is 3. The summed E-state index contributed by atoms with van der Waals surface area (Å²) in [5.41, 5.74) is 0.574. The monoisotopic (exact) mass is 405 g/mol. The molecule has 2 aliphatic rings. The minimum absolute atomic E-state index is 0.0470. The molecule has 0 bridgehead atoms. The summed E-state index contributed by atoms with van der Waals surface area (Å²) in [6, 6.07) is 5.29. The molecule has 2 aliphatic heterocycles. The highest BCUT2D eigenvalue weighted by molar-refractivity contribution is 5.95. The van der Waals surface area contributed by atoms with Crippen molar-refractivity contribution in [3.8, 4) is 11.5 Å². The molecule has 3 rings (SSSR count). The van der Waals surface area contributed by atoms with Crippen LogP contribution in [0.3, 0.4) is 0 Å². The Kier molecular flexibility index (Phi) is 7.71. The minimum Gasteiger partial charge on any atom is -0.490 e. The van der Waals surface area contributed by atoms with E-state index >= 15 is 0 Å². The Bertz CT molecular complexity index is 698. The molecular weight excluding hydrogens is 374 g/mol. The zero-order valence-corrected chi connectivity index (χ0v) is 17.4. The van der Waals surface area contributed by atoms with Gasteiger partial charge >= 0.3 is 0 Å². The van der Waals surface area contributed by atoms with Gasteiger partial charge in [-0.15, -0.1) is 0 Å². The van der Waals surface area contributed by atoms with Gasteiger partial charge in [-0.2, -0.15) is 0 Å². The van der Waals surface area contributed by atoms with Crippen molar-refractivity contribution in [2.75, 3.05) is 72.2 Å². The van der Waals surface area contributed by atoms with Crippen molar-refractivity contribution in [3.05, 3.63) is 23.8 Å². The highest BCUT2D eigenvalue weighted by Gasteiger charge is 2.26. The fourth-order valence-corrected chi connectivity index (χ4v) is 3.58. The Balaban J connectivity index is 1.55. The van der Waals surface area contributed by atoms with E-state index in [1.165, 1.54) is 0 Å². The van der Waals surface area contributed by atoms with Crippen LogP contribution in [0.15, 0.2) is 18.2 Å². The number of hydrogen-bond acceptors (Lipinski definition) is 6. The zero-order chi connectivity index (χ0) is 20.6.